The van der Waals surface area contributed by atoms with E-state index in [4.69, 9.17) is 4.74 Å². The van der Waals surface area contributed by atoms with Crippen molar-refractivity contribution in [1.82, 2.24) is 15.3 Å². The molecule has 4 heterocycles. The molecule has 142 valence electrons. The summed E-state index contributed by atoms with van der Waals surface area (Å²) in [7, 11) is 0. The molecule has 3 aliphatic rings. The number of anilines is 1. The zero-order valence-electron chi connectivity index (χ0n) is 15.4. The van der Waals surface area contributed by atoms with Crippen LogP contribution < -0.4 is 10.2 Å². The number of carbonyl (C=O) groups is 1. The van der Waals surface area contributed by atoms with Gasteiger partial charge < -0.3 is 15.0 Å². The quantitative estimate of drug-likeness (QED) is 0.876. The van der Waals surface area contributed by atoms with Gasteiger partial charge in [-0.1, -0.05) is 18.2 Å². The summed E-state index contributed by atoms with van der Waals surface area (Å²) in [5, 5.41) is 12.5. The summed E-state index contributed by atoms with van der Waals surface area (Å²) in [6.45, 7) is 2.10. The van der Waals surface area contributed by atoms with Gasteiger partial charge in [0.15, 0.2) is 11.5 Å². The number of amides is 1. The summed E-state index contributed by atoms with van der Waals surface area (Å²) < 4.78 is 6.44. The third-order valence-corrected chi connectivity index (χ3v) is 6.40. The van der Waals surface area contributed by atoms with Crippen LogP contribution in [0.3, 0.4) is 0 Å². The average Bonchev–Trinajstić information content (AvgIpc) is 3.41. The molecule has 1 aromatic heterocycles. The lowest BCUT2D eigenvalue weighted by Gasteiger charge is -2.29. The first kappa shape index (κ1) is 17.1. The molecule has 0 aliphatic carbocycles. The number of ether oxygens (including phenoxy) is 1. The van der Waals surface area contributed by atoms with Gasteiger partial charge in [-0.3, -0.25) is 4.79 Å². The number of hydrogen-bond acceptors (Lipinski definition) is 6. The lowest BCUT2D eigenvalue weighted by atomic mass is 9.73. The first-order valence-electron chi connectivity index (χ1n) is 9.67. The zero-order chi connectivity index (χ0) is 19.1. The van der Waals surface area contributed by atoms with Crippen LogP contribution in [0.25, 0.3) is 0 Å². The maximum atomic E-state index is 12.5. The second-order valence-electron chi connectivity index (χ2n) is 7.83. The Labute approximate surface area is 163 Å². The highest BCUT2D eigenvalue weighted by Crippen LogP contribution is 2.55. The van der Waals surface area contributed by atoms with Crippen molar-refractivity contribution >= 4 is 11.7 Å². The normalized spacial score (nSPS) is 30.1. The van der Waals surface area contributed by atoms with Crippen LogP contribution in [0.5, 0.6) is 0 Å². The second kappa shape index (κ2) is 6.57. The third-order valence-electron chi connectivity index (χ3n) is 6.40. The monoisotopic (exact) mass is 375 g/mol. The van der Waals surface area contributed by atoms with Gasteiger partial charge in [0.1, 0.15) is 6.07 Å². The highest BCUT2D eigenvalue weighted by atomic mass is 16.5. The minimum Gasteiger partial charge on any atom is -0.369 e. The standard InChI is InChI=1S/C21H21N5O2/c22-10-17-19(24-9-8-23-17)26-12-16-15(18-6-7-21(16,13-26)28-18)11-25-20(27)14-4-2-1-3-5-14/h1-5,8-9,15-16,18H,6-7,11-13H2,(H,25,27)/t15-,16+,18+,21+/m0/s1. The molecule has 4 atom stereocenters. The molecule has 1 spiro atoms. The van der Waals surface area contributed by atoms with Crippen molar-refractivity contribution in [2.24, 2.45) is 11.8 Å². The maximum Gasteiger partial charge on any atom is 0.251 e. The molecule has 7 nitrogen and oxygen atoms in total. The zero-order valence-corrected chi connectivity index (χ0v) is 15.4. The molecule has 5 rings (SSSR count). The van der Waals surface area contributed by atoms with E-state index in [1.165, 1.54) is 0 Å². The van der Waals surface area contributed by atoms with Crippen molar-refractivity contribution in [2.75, 3.05) is 24.5 Å². The van der Waals surface area contributed by atoms with E-state index in [0.717, 1.165) is 25.9 Å². The number of hydrogen-bond donors (Lipinski definition) is 1. The lowest BCUT2D eigenvalue weighted by molar-refractivity contribution is 0.0141. The number of nitrogens with zero attached hydrogens (tertiary/aromatic N) is 4. The van der Waals surface area contributed by atoms with Gasteiger partial charge in [-0.15, -0.1) is 0 Å². The van der Waals surface area contributed by atoms with Crippen LogP contribution in [-0.2, 0) is 4.74 Å². The second-order valence-corrected chi connectivity index (χ2v) is 7.83. The predicted octanol–water partition coefficient (Wildman–Crippen LogP) is 1.76. The number of nitrogens with one attached hydrogen (secondary N) is 1. The number of rotatable bonds is 4. The molecule has 1 N–H and O–H groups in total. The molecule has 2 aromatic rings. The van der Waals surface area contributed by atoms with E-state index in [-0.39, 0.29) is 23.5 Å². The molecule has 7 heteroatoms. The average molecular weight is 375 g/mol. The van der Waals surface area contributed by atoms with Crippen LogP contribution in [-0.4, -0.2) is 47.2 Å². The van der Waals surface area contributed by atoms with Crippen molar-refractivity contribution in [3.8, 4) is 6.07 Å². The van der Waals surface area contributed by atoms with Crippen molar-refractivity contribution in [1.29, 1.82) is 5.26 Å². The Kier molecular flexibility index (Phi) is 4.02. The van der Waals surface area contributed by atoms with Crippen molar-refractivity contribution in [3.63, 3.8) is 0 Å². The van der Waals surface area contributed by atoms with E-state index < -0.39 is 0 Å². The van der Waals surface area contributed by atoms with Crippen LogP contribution in [0.1, 0.15) is 28.9 Å². The SMILES string of the molecule is N#Cc1nccnc1N1C[C@@H]2[C@H](CNC(=O)c3ccccc3)[C@H]3CC[C@]2(C1)O3. The molecule has 3 aliphatic heterocycles. The van der Waals surface area contributed by atoms with Crippen LogP contribution >= 0.6 is 0 Å². The molecule has 2 bridgehead atoms. The van der Waals surface area contributed by atoms with Crippen LogP contribution in [0.15, 0.2) is 42.7 Å². The van der Waals surface area contributed by atoms with Crippen LogP contribution in [0.2, 0.25) is 0 Å². The molecular weight excluding hydrogens is 354 g/mol. The summed E-state index contributed by atoms with van der Waals surface area (Å²) in [6, 6.07) is 11.4. The Hall–Kier alpha value is -2.98. The number of carbonyl (C=O) groups excluding carboxylic acids is 1. The fraction of sp³-hybridized carbons (Fsp3) is 0.429. The summed E-state index contributed by atoms with van der Waals surface area (Å²) in [6.07, 6.45) is 5.39. The van der Waals surface area contributed by atoms with Gasteiger partial charge in [-0.2, -0.15) is 5.26 Å². The van der Waals surface area contributed by atoms with E-state index in [1.807, 2.05) is 30.3 Å². The molecule has 1 aromatic carbocycles. The Morgan fingerprint density at radius 2 is 2.14 bits per heavy atom. The Balaban J connectivity index is 1.32. The van der Waals surface area contributed by atoms with E-state index in [0.29, 0.717) is 29.5 Å². The van der Waals surface area contributed by atoms with Gasteiger partial charge in [0.2, 0.25) is 0 Å². The Bertz CT molecular complexity index is 943. The number of benzene rings is 1. The maximum absolute atomic E-state index is 12.5. The van der Waals surface area contributed by atoms with Gasteiger partial charge in [-0.25, -0.2) is 9.97 Å². The smallest absolute Gasteiger partial charge is 0.251 e. The first-order chi connectivity index (χ1) is 13.7. The van der Waals surface area contributed by atoms with Crippen molar-refractivity contribution in [3.05, 3.63) is 54.0 Å². The van der Waals surface area contributed by atoms with Gasteiger partial charge in [0.25, 0.3) is 5.91 Å². The molecule has 3 saturated heterocycles. The van der Waals surface area contributed by atoms with E-state index in [2.05, 4.69) is 26.3 Å². The molecule has 28 heavy (non-hydrogen) atoms. The van der Waals surface area contributed by atoms with E-state index in [9.17, 15) is 10.1 Å². The summed E-state index contributed by atoms with van der Waals surface area (Å²) in [4.78, 5) is 23.1. The van der Waals surface area contributed by atoms with E-state index in [1.54, 1.807) is 12.4 Å². The third kappa shape index (κ3) is 2.64. The van der Waals surface area contributed by atoms with Gasteiger partial charge in [-0.05, 0) is 25.0 Å². The fourth-order valence-electron chi connectivity index (χ4n) is 5.17. The van der Waals surface area contributed by atoms with Crippen LogP contribution in [0, 0.1) is 23.2 Å². The minimum absolute atomic E-state index is 0.0482. The largest absolute Gasteiger partial charge is 0.369 e. The summed E-state index contributed by atoms with van der Waals surface area (Å²) in [5.74, 6) is 1.17. The Morgan fingerprint density at radius 1 is 1.32 bits per heavy atom. The molecule has 0 saturated carbocycles. The summed E-state index contributed by atoms with van der Waals surface area (Å²) >= 11 is 0. The molecule has 0 radical (unpaired) electrons. The number of aromatic nitrogens is 2. The van der Waals surface area contributed by atoms with E-state index >= 15 is 0 Å². The van der Waals surface area contributed by atoms with Crippen molar-refractivity contribution in [2.45, 2.75) is 24.5 Å². The van der Waals surface area contributed by atoms with Crippen LogP contribution in [0.4, 0.5) is 5.82 Å². The highest BCUT2D eigenvalue weighted by Gasteiger charge is 2.63. The molecule has 1 amide bonds. The minimum atomic E-state index is -0.197. The molecular formula is C21H21N5O2. The predicted molar refractivity (Wildman–Crippen MR) is 102 cm³/mol. The van der Waals surface area contributed by atoms with Crippen molar-refractivity contribution < 1.29 is 9.53 Å². The van der Waals surface area contributed by atoms with Gasteiger partial charge in [0.05, 0.1) is 11.7 Å². The topological polar surface area (TPSA) is 91.1 Å². The Morgan fingerprint density at radius 3 is 2.96 bits per heavy atom. The lowest BCUT2D eigenvalue weighted by Crippen LogP contribution is -2.41. The fourth-order valence-corrected chi connectivity index (χ4v) is 5.17. The van der Waals surface area contributed by atoms with Gasteiger partial charge >= 0.3 is 0 Å². The first-order valence-corrected chi connectivity index (χ1v) is 9.67. The summed E-state index contributed by atoms with van der Waals surface area (Å²) in [5.41, 5.74) is 0.826. The molecule has 3 fully saturated rings. The van der Waals surface area contributed by atoms with Gasteiger partial charge in [0, 0.05) is 49.4 Å². The molecule has 0 unspecified atom stereocenters. The highest BCUT2D eigenvalue weighted by molar-refractivity contribution is 5.94. The number of nitriles is 1. The number of fused-ring (bicyclic) bond motifs is 1.